The van der Waals surface area contributed by atoms with Gasteiger partial charge in [-0.25, -0.2) is 9.80 Å². The van der Waals surface area contributed by atoms with Crippen LogP contribution >= 0.6 is 0 Å². The number of phenols is 1. The molecule has 3 saturated heterocycles. The summed E-state index contributed by atoms with van der Waals surface area (Å²) in [7, 11) is 3.80. The highest BCUT2D eigenvalue weighted by atomic mass is 16.6. The van der Waals surface area contributed by atoms with Gasteiger partial charge in [-0.2, -0.15) is 0 Å². The number of nitrogens with one attached hydrogen (secondary N) is 1. The van der Waals surface area contributed by atoms with Gasteiger partial charge in [0.2, 0.25) is 0 Å². The number of rotatable bonds is 6. The van der Waals surface area contributed by atoms with E-state index in [1.54, 1.807) is 11.9 Å². The van der Waals surface area contributed by atoms with Gasteiger partial charge >= 0.3 is 6.09 Å². The Morgan fingerprint density at radius 2 is 1.58 bits per heavy atom. The highest BCUT2D eigenvalue weighted by molar-refractivity contribution is 5.98. The Kier molecular flexibility index (Phi) is 17.2. The number of aryl methyl sites for hydroxylation is 3. The number of nitrogens with zero attached hydrogens (tertiary/aromatic N) is 5. The van der Waals surface area contributed by atoms with Crippen molar-refractivity contribution in [2.45, 2.75) is 71.4 Å². The number of hydrazine groups is 1. The van der Waals surface area contributed by atoms with Gasteiger partial charge in [0, 0.05) is 84.2 Å². The van der Waals surface area contributed by atoms with E-state index in [9.17, 15) is 14.7 Å². The van der Waals surface area contributed by atoms with E-state index in [0.717, 1.165) is 87.4 Å². The van der Waals surface area contributed by atoms with Crippen molar-refractivity contribution in [1.82, 2.24) is 25.1 Å². The molecule has 50 heavy (non-hydrogen) atoms. The Morgan fingerprint density at radius 3 is 2.24 bits per heavy atom. The van der Waals surface area contributed by atoms with Crippen LogP contribution in [0.2, 0.25) is 0 Å². The zero-order chi connectivity index (χ0) is 36.5. The van der Waals surface area contributed by atoms with E-state index in [1.165, 1.54) is 5.56 Å². The number of aliphatic imine (C=N–C) groups is 1. The maximum Gasteiger partial charge on any atom is 0.410 e. The number of carbonyl (C=O) groups excluding carboxylic acids is 3. The van der Waals surface area contributed by atoms with E-state index in [2.05, 4.69) is 20.3 Å². The number of hydrogen-bond acceptors (Lipinski definition) is 9. The summed E-state index contributed by atoms with van der Waals surface area (Å²) in [6.07, 6.45) is 5.32. The highest BCUT2D eigenvalue weighted by Gasteiger charge is 2.28. The molecule has 2 N–H and O–H groups in total. The summed E-state index contributed by atoms with van der Waals surface area (Å²) in [6, 6.07) is 14.8. The van der Waals surface area contributed by atoms with E-state index in [0.29, 0.717) is 38.0 Å². The maximum atomic E-state index is 12.8. The number of aromatic hydroxyl groups is 1. The Morgan fingerprint density at radius 1 is 0.920 bits per heavy atom. The van der Waals surface area contributed by atoms with Crippen LogP contribution in [0.15, 0.2) is 47.5 Å². The molecule has 0 saturated carbocycles. The molecular formula is C38H58N6O6. The average Bonchev–Trinajstić information content (AvgIpc) is 3.56. The number of ether oxygens (including phenoxy) is 2. The molecular weight excluding hydrogens is 636 g/mol. The average molecular weight is 695 g/mol. The summed E-state index contributed by atoms with van der Waals surface area (Å²) in [5, 5.41) is 11.4. The van der Waals surface area contributed by atoms with Crippen LogP contribution in [0, 0.1) is 20.8 Å². The van der Waals surface area contributed by atoms with Crippen molar-refractivity contribution in [1.29, 1.82) is 0 Å². The number of phenolic OH excluding ortho intramolecular Hbond substituents is 1. The Bertz CT molecular complexity index is 1350. The molecule has 3 aliphatic rings. The number of amidine groups is 1. The Hall–Kier alpha value is -4.00. The van der Waals surface area contributed by atoms with E-state index in [-0.39, 0.29) is 18.6 Å². The minimum atomic E-state index is -0.395. The van der Waals surface area contributed by atoms with Crippen molar-refractivity contribution < 1.29 is 29.0 Å². The fraction of sp³-hybridized carbons (Fsp3) is 0.579. The number of hydrogen-bond donors (Lipinski definition) is 2. The van der Waals surface area contributed by atoms with Gasteiger partial charge in [-0.05, 0) is 70.4 Å². The van der Waals surface area contributed by atoms with Gasteiger partial charge in [0.05, 0.1) is 0 Å². The molecule has 1 atom stereocenters. The molecule has 2 aromatic rings. The first-order valence-corrected chi connectivity index (χ1v) is 17.7. The molecule has 0 spiro atoms. The standard InChI is InChI=1S/C28H44N6O4.C9H12O.CH2O/c1-29-27(23-8-4-3-5-9-23)30-31(2)24-10-6-14-34(17-11-24)28(36)38-22-26(35)33-16-7-15-32(18-19-33)25-12-20-37-21-13-25;1-6-4-7(2)9(10)8(3)5-6;1-2/h3-5,8-9,24-25H,6-7,10-22H2,1-2H3,(H,29,30);4-5,10H,1-3H3;1H2. The molecule has 2 aromatic carbocycles. The van der Waals surface area contributed by atoms with Crippen LogP contribution in [0.25, 0.3) is 0 Å². The van der Waals surface area contributed by atoms with Gasteiger partial charge in [0.15, 0.2) is 6.61 Å². The molecule has 3 heterocycles. The molecule has 3 aliphatic heterocycles. The van der Waals surface area contributed by atoms with Crippen molar-refractivity contribution in [3.63, 3.8) is 0 Å². The smallest absolute Gasteiger partial charge is 0.410 e. The van der Waals surface area contributed by atoms with Gasteiger partial charge in [-0.15, -0.1) is 0 Å². The van der Waals surface area contributed by atoms with Crippen LogP contribution < -0.4 is 5.43 Å². The second-order valence-electron chi connectivity index (χ2n) is 13.1. The Labute approximate surface area is 298 Å². The monoisotopic (exact) mass is 694 g/mol. The van der Waals surface area contributed by atoms with Crippen LogP contribution in [0.3, 0.4) is 0 Å². The predicted molar refractivity (Wildman–Crippen MR) is 196 cm³/mol. The fourth-order valence-electron chi connectivity index (χ4n) is 6.83. The molecule has 3 fully saturated rings. The van der Waals surface area contributed by atoms with Gasteiger partial charge in [0.1, 0.15) is 18.4 Å². The molecule has 0 aliphatic carbocycles. The minimum absolute atomic E-state index is 0.101. The predicted octanol–water partition coefficient (Wildman–Crippen LogP) is 4.34. The van der Waals surface area contributed by atoms with Crippen molar-refractivity contribution in [2.24, 2.45) is 4.99 Å². The van der Waals surface area contributed by atoms with Crippen molar-refractivity contribution >= 4 is 24.6 Å². The summed E-state index contributed by atoms with van der Waals surface area (Å²) in [5.74, 6) is 1.14. The van der Waals surface area contributed by atoms with Gasteiger partial charge in [-0.1, -0.05) is 48.0 Å². The molecule has 0 aromatic heterocycles. The molecule has 12 heteroatoms. The highest BCUT2D eigenvalue weighted by Crippen LogP contribution is 2.22. The molecule has 5 rings (SSSR count). The fourth-order valence-corrected chi connectivity index (χ4v) is 6.83. The lowest BCUT2D eigenvalue weighted by Crippen LogP contribution is -2.46. The summed E-state index contributed by atoms with van der Waals surface area (Å²) in [4.78, 5) is 44.2. The van der Waals surface area contributed by atoms with Crippen LogP contribution in [-0.4, -0.2) is 135 Å². The second-order valence-corrected chi connectivity index (χ2v) is 13.1. The van der Waals surface area contributed by atoms with E-state index < -0.39 is 6.09 Å². The number of likely N-dealkylation sites (tertiary alicyclic amines) is 1. The van der Waals surface area contributed by atoms with E-state index in [4.69, 9.17) is 14.3 Å². The molecule has 2 amide bonds. The summed E-state index contributed by atoms with van der Waals surface area (Å²) in [6.45, 7) is 13.8. The van der Waals surface area contributed by atoms with Crippen molar-refractivity contribution in [3.8, 4) is 5.75 Å². The quantitative estimate of drug-likeness (QED) is 0.258. The van der Waals surface area contributed by atoms with Crippen LogP contribution in [-0.2, 0) is 19.1 Å². The number of carbonyl (C=O) groups is 3. The summed E-state index contributed by atoms with van der Waals surface area (Å²) >= 11 is 0. The third-order valence-electron chi connectivity index (χ3n) is 9.60. The first kappa shape index (κ1) is 40.4. The lowest BCUT2D eigenvalue weighted by atomic mass is 10.1. The lowest BCUT2D eigenvalue weighted by Gasteiger charge is -2.33. The molecule has 1 unspecified atom stereocenters. The van der Waals surface area contributed by atoms with E-state index >= 15 is 0 Å². The van der Waals surface area contributed by atoms with Gasteiger partial charge in [-0.3, -0.25) is 14.7 Å². The first-order valence-electron chi connectivity index (χ1n) is 17.7. The topological polar surface area (TPSA) is 127 Å². The third-order valence-corrected chi connectivity index (χ3v) is 9.60. The molecule has 276 valence electrons. The SMILES string of the molecule is C=O.CN=C(NN(C)C1CCCN(C(=O)OCC(=O)N2CCCN(C3CCOCC3)CC2)CC1)c1ccccc1.Cc1cc(C)c(O)c(C)c1. The van der Waals surface area contributed by atoms with Crippen molar-refractivity contribution in [3.05, 3.63) is 64.7 Å². The molecule has 0 bridgehead atoms. The normalized spacial score (nSPS) is 19.2. The second kappa shape index (κ2) is 21.3. The van der Waals surface area contributed by atoms with Gasteiger partial charge < -0.3 is 34.6 Å². The molecule has 12 nitrogen and oxygen atoms in total. The minimum Gasteiger partial charge on any atom is -0.507 e. The summed E-state index contributed by atoms with van der Waals surface area (Å²) < 4.78 is 11.0. The van der Waals surface area contributed by atoms with Crippen molar-refractivity contribution in [2.75, 3.05) is 73.2 Å². The first-order chi connectivity index (χ1) is 24.2. The number of amides is 2. The molecule has 0 radical (unpaired) electrons. The van der Waals surface area contributed by atoms with Crippen LogP contribution in [0.1, 0.15) is 60.8 Å². The maximum absolute atomic E-state index is 12.8. The Balaban J connectivity index is 0.000000479. The zero-order valence-electron chi connectivity index (χ0n) is 30.7. The van der Waals surface area contributed by atoms with Crippen LogP contribution in [0.4, 0.5) is 4.79 Å². The third kappa shape index (κ3) is 12.4. The van der Waals surface area contributed by atoms with Gasteiger partial charge in [0.25, 0.3) is 5.91 Å². The number of benzene rings is 2. The summed E-state index contributed by atoms with van der Waals surface area (Å²) in [5.41, 5.74) is 7.57. The zero-order valence-corrected chi connectivity index (χ0v) is 30.7. The van der Waals surface area contributed by atoms with Crippen LogP contribution in [0.5, 0.6) is 5.75 Å². The van der Waals surface area contributed by atoms with E-state index in [1.807, 2.05) is 82.0 Å². The lowest BCUT2D eigenvalue weighted by molar-refractivity contribution is -0.134. The largest absolute Gasteiger partial charge is 0.507 e.